The molecule has 0 radical (unpaired) electrons. The van der Waals surface area contributed by atoms with Gasteiger partial charge in [-0.3, -0.25) is 4.79 Å². The van der Waals surface area contributed by atoms with E-state index in [1.807, 2.05) is 30.3 Å². The third kappa shape index (κ3) is 4.22. The average Bonchev–Trinajstić information content (AvgIpc) is 2.34. The van der Waals surface area contributed by atoms with Crippen molar-refractivity contribution in [2.45, 2.75) is 12.5 Å². The van der Waals surface area contributed by atoms with Crippen molar-refractivity contribution in [2.75, 3.05) is 12.3 Å². The Labute approximate surface area is 99.4 Å². The largest absolute Gasteiger partial charge is 0.354 e. The van der Waals surface area contributed by atoms with Gasteiger partial charge in [-0.25, -0.2) is 0 Å². The summed E-state index contributed by atoms with van der Waals surface area (Å²) in [5.41, 5.74) is 6.59. The Morgan fingerprint density at radius 3 is 2.75 bits per heavy atom. The summed E-state index contributed by atoms with van der Waals surface area (Å²) in [5, 5.41) is 2.73. The molecule has 0 fully saturated rings. The van der Waals surface area contributed by atoms with Crippen LogP contribution in [0.3, 0.4) is 0 Å². The topological polar surface area (TPSA) is 75.4 Å². The first-order valence-electron chi connectivity index (χ1n) is 5.10. The highest BCUT2D eigenvalue weighted by atomic mass is 32.2. The van der Waals surface area contributed by atoms with Crippen LogP contribution in [0.1, 0.15) is 18.0 Å². The van der Waals surface area contributed by atoms with Crippen molar-refractivity contribution in [2.24, 2.45) is 5.73 Å². The molecule has 0 aliphatic carbocycles. The number of nitrogens with one attached hydrogen (secondary N) is 1. The van der Waals surface area contributed by atoms with Crippen LogP contribution in [-0.4, -0.2) is 22.8 Å². The van der Waals surface area contributed by atoms with Crippen LogP contribution < -0.4 is 11.1 Å². The zero-order valence-electron chi connectivity index (χ0n) is 8.93. The number of rotatable bonds is 6. The van der Waals surface area contributed by atoms with Gasteiger partial charge in [0.15, 0.2) is 0 Å². The summed E-state index contributed by atoms with van der Waals surface area (Å²) in [7, 11) is 0. The molecule has 1 unspecified atom stereocenters. The van der Waals surface area contributed by atoms with E-state index in [4.69, 9.17) is 10.3 Å². The Morgan fingerprint density at radius 1 is 1.44 bits per heavy atom. The van der Waals surface area contributed by atoms with Crippen molar-refractivity contribution >= 4 is 17.9 Å². The molecule has 0 saturated carbocycles. The average molecular weight is 240 g/mol. The number of carbonyl (C=O) groups excluding carboxylic acids is 1. The van der Waals surface area contributed by atoms with Crippen LogP contribution in [-0.2, 0) is 4.79 Å². The third-order valence-corrected chi connectivity index (χ3v) is 2.62. The second-order valence-corrected chi connectivity index (χ2v) is 4.03. The summed E-state index contributed by atoms with van der Waals surface area (Å²) >= 11 is 0.776. The molecule has 0 saturated heterocycles. The summed E-state index contributed by atoms with van der Waals surface area (Å²) in [4.78, 5) is 11.6. The van der Waals surface area contributed by atoms with E-state index in [2.05, 4.69) is 5.32 Å². The lowest BCUT2D eigenvalue weighted by Gasteiger charge is -2.12. The van der Waals surface area contributed by atoms with Gasteiger partial charge in [0.05, 0.1) is 0 Å². The van der Waals surface area contributed by atoms with E-state index < -0.39 is 6.04 Å². The molecule has 1 atom stereocenters. The van der Waals surface area contributed by atoms with Gasteiger partial charge in [0.1, 0.15) is 6.04 Å². The van der Waals surface area contributed by atoms with Crippen molar-refractivity contribution in [1.29, 1.82) is 0 Å². The first-order valence-corrected chi connectivity index (χ1v) is 6.04. The fourth-order valence-electron chi connectivity index (χ4n) is 1.27. The minimum atomic E-state index is -0.622. The van der Waals surface area contributed by atoms with E-state index in [0.717, 1.165) is 24.0 Å². The summed E-state index contributed by atoms with van der Waals surface area (Å²) in [6, 6.07) is 8.62. The Morgan fingerprint density at radius 2 is 2.12 bits per heavy atom. The quantitative estimate of drug-likeness (QED) is 0.519. The number of benzene rings is 1. The molecule has 0 aromatic heterocycles. The van der Waals surface area contributed by atoms with Crippen LogP contribution in [0.15, 0.2) is 30.3 Å². The monoisotopic (exact) mass is 240 g/mol. The highest BCUT2D eigenvalue weighted by Gasteiger charge is 2.14. The molecule has 88 valence electrons. The number of hydrogen-bond acceptors (Lipinski definition) is 4. The third-order valence-electron chi connectivity index (χ3n) is 2.15. The number of hydrogen-bond donors (Lipinski definition) is 3. The lowest BCUT2D eigenvalue weighted by atomic mass is 10.1. The maximum Gasteiger partial charge on any atom is 0.241 e. The maximum atomic E-state index is 11.6. The van der Waals surface area contributed by atoms with E-state index in [-0.39, 0.29) is 5.91 Å². The Kier molecular flexibility index (Phi) is 5.92. The number of amides is 1. The number of carbonyl (C=O) groups is 1. The van der Waals surface area contributed by atoms with E-state index in [9.17, 15) is 4.79 Å². The predicted molar refractivity (Wildman–Crippen MR) is 66.1 cm³/mol. The van der Waals surface area contributed by atoms with E-state index in [1.165, 1.54) is 0 Å². The summed E-state index contributed by atoms with van der Waals surface area (Å²) in [6.07, 6.45) is 0.731. The molecule has 1 aromatic carbocycles. The van der Waals surface area contributed by atoms with Gasteiger partial charge in [-0.2, -0.15) is 0 Å². The van der Waals surface area contributed by atoms with Crippen LogP contribution in [0.2, 0.25) is 0 Å². The second kappa shape index (κ2) is 7.27. The lowest BCUT2D eigenvalue weighted by molar-refractivity contribution is -0.122. The van der Waals surface area contributed by atoms with Gasteiger partial charge in [0, 0.05) is 12.3 Å². The Bertz CT molecular complexity index is 319. The minimum absolute atomic E-state index is 0.186. The summed E-state index contributed by atoms with van der Waals surface area (Å²) < 4.78 is 8.50. The fraction of sp³-hybridized carbons (Fsp3) is 0.364. The molecule has 1 amide bonds. The van der Waals surface area contributed by atoms with Gasteiger partial charge in [0.2, 0.25) is 5.91 Å². The van der Waals surface area contributed by atoms with Crippen LogP contribution in [0.5, 0.6) is 0 Å². The molecule has 0 spiro atoms. The molecule has 0 aliphatic heterocycles. The SMILES string of the molecule is NC(C(=O)NCCCSO)c1ccccc1. The zero-order chi connectivity index (χ0) is 11.8. The van der Waals surface area contributed by atoms with Gasteiger partial charge in [0.25, 0.3) is 0 Å². The molecule has 1 rings (SSSR count). The highest BCUT2D eigenvalue weighted by Crippen LogP contribution is 2.09. The van der Waals surface area contributed by atoms with Crippen LogP contribution in [0, 0.1) is 0 Å². The summed E-state index contributed by atoms with van der Waals surface area (Å²) in [5.74, 6) is 0.426. The molecule has 4 nitrogen and oxygen atoms in total. The highest BCUT2D eigenvalue weighted by molar-refractivity contribution is 7.93. The van der Waals surface area contributed by atoms with Crippen LogP contribution in [0.25, 0.3) is 0 Å². The van der Waals surface area contributed by atoms with Crippen molar-refractivity contribution in [1.82, 2.24) is 5.32 Å². The number of nitrogens with two attached hydrogens (primary N) is 1. The molecular weight excluding hydrogens is 224 g/mol. The Hall–Kier alpha value is -1.04. The minimum Gasteiger partial charge on any atom is -0.354 e. The van der Waals surface area contributed by atoms with Crippen molar-refractivity contribution in [3.63, 3.8) is 0 Å². The van der Waals surface area contributed by atoms with Crippen LogP contribution in [0.4, 0.5) is 0 Å². The van der Waals surface area contributed by atoms with Gasteiger partial charge in [-0.15, -0.1) is 0 Å². The standard InChI is InChI=1S/C11H16N2O2S/c12-10(9-5-2-1-3-6-9)11(14)13-7-4-8-16-15/h1-3,5-6,10,15H,4,7-8,12H2,(H,13,14). The maximum absolute atomic E-state index is 11.6. The van der Waals surface area contributed by atoms with Crippen LogP contribution >= 0.6 is 12.0 Å². The molecule has 0 aliphatic rings. The normalized spacial score (nSPS) is 12.1. The molecule has 16 heavy (non-hydrogen) atoms. The van der Waals surface area contributed by atoms with E-state index in [1.54, 1.807) is 0 Å². The predicted octanol–water partition coefficient (Wildman–Crippen LogP) is 1.40. The Balaban J connectivity index is 2.37. The summed E-state index contributed by atoms with van der Waals surface area (Å²) in [6.45, 7) is 0.535. The van der Waals surface area contributed by atoms with Gasteiger partial charge < -0.3 is 15.6 Å². The first-order chi connectivity index (χ1) is 7.75. The first kappa shape index (κ1) is 13.0. The smallest absolute Gasteiger partial charge is 0.241 e. The molecule has 0 heterocycles. The molecule has 0 bridgehead atoms. The molecule has 4 N–H and O–H groups in total. The van der Waals surface area contributed by atoms with Crippen molar-refractivity contribution in [3.8, 4) is 0 Å². The molecule has 1 aromatic rings. The van der Waals surface area contributed by atoms with Gasteiger partial charge in [-0.05, 0) is 24.0 Å². The fourth-order valence-corrected chi connectivity index (χ4v) is 1.54. The van der Waals surface area contributed by atoms with Crippen molar-refractivity contribution < 1.29 is 9.35 Å². The molecule has 5 heteroatoms. The van der Waals surface area contributed by atoms with E-state index in [0.29, 0.717) is 12.3 Å². The van der Waals surface area contributed by atoms with Gasteiger partial charge >= 0.3 is 0 Å². The molecular formula is C11H16N2O2S. The lowest BCUT2D eigenvalue weighted by Crippen LogP contribution is -2.34. The van der Waals surface area contributed by atoms with E-state index >= 15 is 0 Å². The van der Waals surface area contributed by atoms with Gasteiger partial charge in [-0.1, -0.05) is 30.3 Å². The second-order valence-electron chi connectivity index (χ2n) is 3.37. The van der Waals surface area contributed by atoms with Crippen molar-refractivity contribution in [3.05, 3.63) is 35.9 Å². The zero-order valence-corrected chi connectivity index (χ0v) is 9.74.